The third kappa shape index (κ3) is 3.53. The van der Waals surface area contributed by atoms with Crippen LogP contribution in [0.15, 0.2) is 24.5 Å². The zero-order chi connectivity index (χ0) is 14.5. The highest BCUT2D eigenvalue weighted by atomic mass is 35.5. The van der Waals surface area contributed by atoms with Gasteiger partial charge in [0.15, 0.2) is 0 Å². The molecule has 0 bridgehead atoms. The molecule has 20 heavy (non-hydrogen) atoms. The predicted molar refractivity (Wildman–Crippen MR) is 86.3 cm³/mol. The largest absolute Gasteiger partial charge is 0.334 e. The number of alkyl halides is 1. The van der Waals surface area contributed by atoms with Crippen LogP contribution in [-0.4, -0.2) is 34.1 Å². The highest BCUT2D eigenvalue weighted by molar-refractivity contribution is 6.21. The molecule has 0 saturated carbocycles. The van der Waals surface area contributed by atoms with E-state index in [1.54, 1.807) is 0 Å². The Morgan fingerprint density at radius 2 is 1.95 bits per heavy atom. The van der Waals surface area contributed by atoms with Crippen molar-refractivity contribution in [2.24, 2.45) is 7.05 Å². The summed E-state index contributed by atoms with van der Waals surface area (Å²) in [7, 11) is 2.01. The number of halogens is 1. The van der Waals surface area contributed by atoms with Gasteiger partial charge >= 0.3 is 0 Å². The average molecular weight is 294 g/mol. The molecule has 0 aliphatic heterocycles. The number of hydrogen-bond acceptors (Lipinski definition) is 2. The zero-order valence-corrected chi connectivity index (χ0v) is 13.4. The number of benzene rings is 1. The highest BCUT2D eigenvalue weighted by Gasteiger charge is 2.14. The molecule has 1 aromatic heterocycles. The minimum absolute atomic E-state index is 0.0273. The van der Waals surface area contributed by atoms with Crippen molar-refractivity contribution < 1.29 is 0 Å². The monoisotopic (exact) mass is 293 g/mol. The zero-order valence-electron chi connectivity index (χ0n) is 12.6. The Kier molecular flexibility index (Phi) is 5.44. The van der Waals surface area contributed by atoms with Crippen LogP contribution in [-0.2, 0) is 7.05 Å². The van der Waals surface area contributed by atoms with Crippen LogP contribution in [0.2, 0.25) is 0 Å². The Balaban J connectivity index is 2.11. The van der Waals surface area contributed by atoms with Gasteiger partial charge in [-0.3, -0.25) is 0 Å². The molecule has 4 heteroatoms. The first-order chi connectivity index (χ1) is 9.65. The molecule has 0 aliphatic rings. The summed E-state index contributed by atoms with van der Waals surface area (Å²) in [4.78, 5) is 6.85. The maximum Gasteiger partial charge on any atom is 0.0955 e. The summed E-state index contributed by atoms with van der Waals surface area (Å²) >= 11 is 6.60. The quantitative estimate of drug-likeness (QED) is 0.720. The van der Waals surface area contributed by atoms with E-state index in [-0.39, 0.29) is 5.38 Å². The van der Waals surface area contributed by atoms with Crippen LogP contribution < -0.4 is 0 Å². The molecule has 0 saturated heterocycles. The van der Waals surface area contributed by atoms with Crippen LogP contribution in [0.1, 0.15) is 37.6 Å². The molecule has 1 aromatic carbocycles. The third-order valence-electron chi connectivity index (χ3n) is 3.61. The van der Waals surface area contributed by atoms with Crippen LogP contribution in [0.4, 0.5) is 0 Å². The van der Waals surface area contributed by atoms with Crippen molar-refractivity contribution in [2.45, 2.75) is 32.1 Å². The molecule has 0 N–H and O–H groups in total. The van der Waals surface area contributed by atoms with Crippen molar-refractivity contribution in [3.63, 3.8) is 0 Å². The van der Waals surface area contributed by atoms with Crippen molar-refractivity contribution in [1.82, 2.24) is 14.5 Å². The topological polar surface area (TPSA) is 21.1 Å². The number of imidazole rings is 1. The lowest BCUT2D eigenvalue weighted by Crippen LogP contribution is -2.28. The average Bonchev–Trinajstić information content (AvgIpc) is 2.80. The molecule has 2 aromatic rings. The second kappa shape index (κ2) is 7.09. The molecule has 0 spiro atoms. The minimum atomic E-state index is 0.0273. The number of aromatic nitrogens is 2. The summed E-state index contributed by atoms with van der Waals surface area (Å²) < 4.78 is 2.03. The van der Waals surface area contributed by atoms with Crippen molar-refractivity contribution in [3.05, 3.63) is 30.1 Å². The number of nitrogens with zero attached hydrogens (tertiary/aromatic N) is 3. The van der Waals surface area contributed by atoms with Gasteiger partial charge in [-0.05, 0) is 43.6 Å². The molecule has 0 radical (unpaired) electrons. The second-order valence-electron chi connectivity index (χ2n) is 5.37. The maximum absolute atomic E-state index is 6.60. The number of hydrogen-bond donors (Lipinski definition) is 0. The summed E-state index contributed by atoms with van der Waals surface area (Å²) in [6.45, 7) is 7.56. The molecular formula is C16H24ClN3. The van der Waals surface area contributed by atoms with E-state index in [0.717, 1.165) is 36.2 Å². The molecule has 0 fully saturated rings. The van der Waals surface area contributed by atoms with E-state index in [2.05, 4.69) is 41.9 Å². The Morgan fingerprint density at radius 1 is 1.25 bits per heavy atom. The van der Waals surface area contributed by atoms with E-state index in [1.807, 2.05) is 17.9 Å². The fourth-order valence-corrected chi connectivity index (χ4v) is 2.94. The van der Waals surface area contributed by atoms with Crippen molar-refractivity contribution >= 4 is 22.6 Å². The van der Waals surface area contributed by atoms with E-state index in [1.165, 1.54) is 12.8 Å². The lowest BCUT2D eigenvalue weighted by atomic mass is 10.1. The molecule has 1 heterocycles. The van der Waals surface area contributed by atoms with Crippen molar-refractivity contribution in [3.8, 4) is 0 Å². The van der Waals surface area contributed by atoms with Crippen LogP contribution >= 0.6 is 11.6 Å². The van der Waals surface area contributed by atoms with Gasteiger partial charge < -0.3 is 9.47 Å². The van der Waals surface area contributed by atoms with Crippen LogP contribution in [0.5, 0.6) is 0 Å². The third-order valence-corrected chi connectivity index (χ3v) is 4.00. The van der Waals surface area contributed by atoms with E-state index in [9.17, 15) is 0 Å². The summed E-state index contributed by atoms with van der Waals surface area (Å²) in [6, 6.07) is 6.35. The Morgan fingerprint density at radius 3 is 2.60 bits per heavy atom. The predicted octanol–water partition coefficient (Wildman–Crippen LogP) is 3.98. The van der Waals surface area contributed by atoms with Gasteiger partial charge in [0.1, 0.15) is 0 Å². The first kappa shape index (κ1) is 15.3. The van der Waals surface area contributed by atoms with E-state index < -0.39 is 0 Å². The normalized spacial score (nSPS) is 13.2. The molecule has 1 atom stereocenters. The summed E-state index contributed by atoms with van der Waals surface area (Å²) in [5.74, 6) is 0. The van der Waals surface area contributed by atoms with Crippen molar-refractivity contribution in [1.29, 1.82) is 0 Å². The number of rotatable bonds is 7. The van der Waals surface area contributed by atoms with Crippen LogP contribution in [0.3, 0.4) is 0 Å². The lowest BCUT2D eigenvalue weighted by molar-refractivity contribution is 0.275. The van der Waals surface area contributed by atoms with Gasteiger partial charge in [0.25, 0.3) is 0 Å². The standard InChI is InChI=1S/C16H24ClN3/c1-4-8-20(9-5-2)11-14(17)13-6-7-16-15(10-13)18-12-19(16)3/h6-7,10,12,14H,4-5,8-9,11H2,1-3H3. The molecule has 0 aliphatic carbocycles. The lowest BCUT2D eigenvalue weighted by Gasteiger charge is -2.23. The molecule has 0 amide bonds. The summed E-state index contributed by atoms with van der Waals surface area (Å²) in [6.07, 6.45) is 4.18. The smallest absolute Gasteiger partial charge is 0.0955 e. The van der Waals surface area contributed by atoms with Gasteiger partial charge in [0.2, 0.25) is 0 Å². The van der Waals surface area contributed by atoms with E-state index >= 15 is 0 Å². The molecule has 3 nitrogen and oxygen atoms in total. The van der Waals surface area contributed by atoms with Gasteiger partial charge in [-0.1, -0.05) is 19.9 Å². The Labute approximate surface area is 126 Å². The highest BCUT2D eigenvalue weighted by Crippen LogP contribution is 2.25. The second-order valence-corrected chi connectivity index (χ2v) is 5.90. The number of fused-ring (bicyclic) bond motifs is 1. The minimum Gasteiger partial charge on any atom is -0.334 e. The Hall–Kier alpha value is -1.06. The van der Waals surface area contributed by atoms with Gasteiger partial charge in [-0.2, -0.15) is 0 Å². The van der Waals surface area contributed by atoms with Crippen LogP contribution in [0, 0.1) is 0 Å². The van der Waals surface area contributed by atoms with Crippen LogP contribution in [0.25, 0.3) is 11.0 Å². The van der Waals surface area contributed by atoms with Gasteiger partial charge in [-0.15, -0.1) is 11.6 Å². The van der Waals surface area contributed by atoms with Crippen molar-refractivity contribution in [2.75, 3.05) is 19.6 Å². The SMILES string of the molecule is CCCN(CCC)CC(Cl)c1ccc2c(c1)ncn2C. The first-order valence-electron chi connectivity index (χ1n) is 7.43. The van der Waals surface area contributed by atoms with E-state index in [4.69, 9.17) is 11.6 Å². The molecule has 110 valence electrons. The molecule has 1 unspecified atom stereocenters. The Bertz CT molecular complexity index is 544. The number of aryl methyl sites for hydroxylation is 1. The summed E-state index contributed by atoms with van der Waals surface area (Å²) in [5.41, 5.74) is 3.33. The van der Waals surface area contributed by atoms with Gasteiger partial charge in [0.05, 0.1) is 22.7 Å². The fourth-order valence-electron chi connectivity index (χ4n) is 2.61. The van der Waals surface area contributed by atoms with E-state index in [0.29, 0.717) is 0 Å². The van der Waals surface area contributed by atoms with Gasteiger partial charge in [-0.25, -0.2) is 4.98 Å². The summed E-state index contributed by atoms with van der Waals surface area (Å²) in [5, 5.41) is 0.0273. The first-order valence-corrected chi connectivity index (χ1v) is 7.86. The molecule has 2 rings (SSSR count). The van der Waals surface area contributed by atoms with Gasteiger partial charge in [0, 0.05) is 13.6 Å². The molecular weight excluding hydrogens is 270 g/mol. The maximum atomic E-state index is 6.60. The fraction of sp³-hybridized carbons (Fsp3) is 0.562.